The van der Waals surface area contributed by atoms with E-state index in [2.05, 4.69) is 16.1 Å². The molecule has 1 aromatic carbocycles. The molecule has 0 bridgehead atoms. The fraction of sp³-hybridized carbons (Fsp3) is 0.720. The van der Waals surface area contributed by atoms with E-state index in [1.54, 1.807) is 0 Å². The Morgan fingerprint density at radius 2 is 1.76 bits per heavy atom. The summed E-state index contributed by atoms with van der Waals surface area (Å²) in [6.07, 6.45) is 10.4. The highest BCUT2D eigenvalue weighted by molar-refractivity contribution is 7.90. The van der Waals surface area contributed by atoms with Gasteiger partial charge in [-0.1, -0.05) is 31.0 Å². The van der Waals surface area contributed by atoms with E-state index in [-0.39, 0.29) is 30.0 Å². The average molecular weight is 479 g/mol. The first kappa shape index (κ1) is 24.6. The maximum Gasteiger partial charge on any atom is 0.214 e. The number of rotatable bonds is 10. The Hall–Kier alpha value is -1.48. The van der Waals surface area contributed by atoms with Crippen molar-refractivity contribution in [2.75, 3.05) is 19.8 Å². The van der Waals surface area contributed by atoms with Crippen molar-refractivity contribution in [1.29, 1.82) is 0 Å². The Labute approximate surface area is 198 Å². The summed E-state index contributed by atoms with van der Waals surface area (Å²) in [7, 11) is -3.26. The zero-order valence-corrected chi connectivity index (χ0v) is 20.2. The summed E-state index contributed by atoms with van der Waals surface area (Å²) in [5.74, 6) is 1.21. The van der Waals surface area contributed by atoms with Gasteiger partial charge >= 0.3 is 0 Å². The van der Waals surface area contributed by atoms with Crippen molar-refractivity contribution in [3.05, 3.63) is 29.8 Å². The van der Waals surface area contributed by atoms with Gasteiger partial charge in [0.25, 0.3) is 0 Å². The van der Waals surface area contributed by atoms with Crippen LogP contribution in [0.2, 0.25) is 0 Å². The predicted molar refractivity (Wildman–Crippen MR) is 128 cm³/mol. The minimum absolute atomic E-state index is 0.0186. The van der Waals surface area contributed by atoms with Crippen LogP contribution in [-0.4, -0.2) is 57.9 Å². The van der Waals surface area contributed by atoms with Crippen LogP contribution in [-0.2, 0) is 19.6 Å². The average Bonchev–Trinajstić information content (AvgIpc) is 3.39. The second-order valence-electron chi connectivity index (χ2n) is 9.70. The summed E-state index contributed by atoms with van der Waals surface area (Å²) in [5.41, 5.74) is 1.17. The normalized spacial score (nSPS) is 29.1. The standard InChI is InChI=1S/C25H38N2O5S/c28-16-17-31-25-10-4-3-8-22(25)19-11-13-20(14-12-19)32-18-24-23(9-5-15-26-24)27-33(29,30)21-6-1-2-7-21/h3-4,8,10,16,19-21,23-24,26-27H,1-2,5-7,9,11-15,17-18H2/t19-,20+,23-,24-/m0/s1. The number of benzene rings is 1. The van der Waals surface area contributed by atoms with Gasteiger partial charge in [0.05, 0.1) is 18.0 Å². The Morgan fingerprint density at radius 3 is 2.52 bits per heavy atom. The van der Waals surface area contributed by atoms with Crippen LogP contribution in [0.5, 0.6) is 5.75 Å². The van der Waals surface area contributed by atoms with Gasteiger partial charge in [-0.3, -0.25) is 4.79 Å². The molecule has 2 saturated carbocycles. The SMILES string of the molecule is O=CCOc1ccccc1[C@H]1CC[C@@H](OC[C@@H]2NCCC[C@@H]2NS(=O)(=O)C2CCCC2)CC1. The van der Waals surface area contributed by atoms with E-state index < -0.39 is 10.0 Å². The van der Waals surface area contributed by atoms with Crippen molar-refractivity contribution in [3.8, 4) is 5.75 Å². The van der Waals surface area contributed by atoms with Gasteiger partial charge in [0.15, 0.2) is 6.29 Å². The van der Waals surface area contributed by atoms with Crippen molar-refractivity contribution < 1.29 is 22.7 Å². The van der Waals surface area contributed by atoms with Gasteiger partial charge in [-0.05, 0) is 75.5 Å². The quantitative estimate of drug-likeness (QED) is 0.501. The maximum absolute atomic E-state index is 12.8. The summed E-state index contributed by atoms with van der Waals surface area (Å²) >= 11 is 0. The lowest BCUT2D eigenvalue weighted by molar-refractivity contribution is -0.109. The molecule has 3 fully saturated rings. The van der Waals surface area contributed by atoms with E-state index in [0.29, 0.717) is 12.5 Å². The van der Waals surface area contributed by atoms with E-state index in [0.717, 1.165) is 82.8 Å². The Bertz CT molecular complexity index is 863. The maximum atomic E-state index is 12.8. The van der Waals surface area contributed by atoms with E-state index in [1.165, 1.54) is 5.56 Å². The first-order chi connectivity index (χ1) is 16.1. The molecule has 3 aliphatic rings. The summed E-state index contributed by atoms with van der Waals surface area (Å²) in [6, 6.07) is 7.91. The first-order valence-corrected chi connectivity index (χ1v) is 14.1. The zero-order chi connectivity index (χ0) is 23.1. The van der Waals surface area contributed by atoms with Crippen LogP contribution in [0.15, 0.2) is 24.3 Å². The van der Waals surface area contributed by atoms with Crippen LogP contribution in [0.4, 0.5) is 0 Å². The van der Waals surface area contributed by atoms with E-state index in [1.807, 2.05) is 18.2 Å². The molecule has 0 aromatic heterocycles. The van der Waals surface area contributed by atoms with E-state index in [9.17, 15) is 13.2 Å². The fourth-order valence-electron chi connectivity index (χ4n) is 5.63. The lowest BCUT2D eigenvalue weighted by atomic mass is 9.82. The Morgan fingerprint density at radius 1 is 1.00 bits per heavy atom. The largest absolute Gasteiger partial charge is 0.486 e. The number of nitrogens with one attached hydrogen (secondary N) is 2. The van der Waals surface area contributed by atoms with Crippen LogP contribution in [0.25, 0.3) is 0 Å². The molecular weight excluding hydrogens is 440 g/mol. The molecule has 0 unspecified atom stereocenters. The monoisotopic (exact) mass is 478 g/mol. The number of aldehydes is 1. The van der Waals surface area contributed by atoms with Gasteiger partial charge in [-0.25, -0.2) is 13.1 Å². The van der Waals surface area contributed by atoms with E-state index in [4.69, 9.17) is 9.47 Å². The number of hydrogen-bond acceptors (Lipinski definition) is 6. The molecule has 2 atom stereocenters. The molecule has 2 aliphatic carbocycles. The third-order valence-electron chi connectivity index (χ3n) is 7.49. The number of para-hydroxylation sites is 1. The summed E-state index contributed by atoms with van der Waals surface area (Å²) in [4.78, 5) is 10.7. The minimum atomic E-state index is -3.26. The summed E-state index contributed by atoms with van der Waals surface area (Å²) in [6.45, 7) is 1.52. The molecule has 0 amide bonds. The number of carbonyl (C=O) groups excluding carboxylic acids is 1. The number of carbonyl (C=O) groups is 1. The van der Waals surface area contributed by atoms with Gasteiger partial charge in [-0.2, -0.15) is 0 Å². The first-order valence-electron chi connectivity index (χ1n) is 12.6. The topological polar surface area (TPSA) is 93.7 Å². The van der Waals surface area contributed by atoms with Crippen molar-refractivity contribution in [3.63, 3.8) is 0 Å². The fourth-order valence-corrected chi connectivity index (χ4v) is 7.48. The number of ether oxygens (including phenoxy) is 2. The van der Waals surface area contributed by atoms with Gasteiger partial charge in [0, 0.05) is 12.1 Å². The Balaban J connectivity index is 1.27. The number of sulfonamides is 1. The molecule has 0 radical (unpaired) electrons. The third kappa shape index (κ3) is 6.56. The minimum Gasteiger partial charge on any atom is -0.486 e. The van der Waals surface area contributed by atoms with Gasteiger partial charge in [0.1, 0.15) is 12.4 Å². The van der Waals surface area contributed by atoms with Crippen molar-refractivity contribution in [2.24, 2.45) is 0 Å². The van der Waals surface area contributed by atoms with Gasteiger partial charge in [0.2, 0.25) is 10.0 Å². The predicted octanol–water partition coefficient (Wildman–Crippen LogP) is 3.29. The molecule has 184 valence electrons. The Kier molecular flexibility index (Phi) is 8.79. The van der Waals surface area contributed by atoms with Gasteiger partial charge < -0.3 is 14.8 Å². The van der Waals surface area contributed by atoms with Crippen molar-refractivity contribution >= 4 is 16.3 Å². The second kappa shape index (κ2) is 11.8. The lowest BCUT2D eigenvalue weighted by Crippen LogP contribution is -2.56. The second-order valence-corrected chi connectivity index (χ2v) is 11.7. The summed E-state index contributed by atoms with van der Waals surface area (Å²) < 4.78 is 40.5. The smallest absolute Gasteiger partial charge is 0.214 e. The lowest BCUT2D eigenvalue weighted by Gasteiger charge is -2.36. The highest BCUT2D eigenvalue weighted by atomic mass is 32.2. The van der Waals surface area contributed by atoms with Crippen molar-refractivity contribution in [1.82, 2.24) is 10.0 Å². The van der Waals surface area contributed by atoms with Crippen LogP contribution in [0.3, 0.4) is 0 Å². The molecule has 4 rings (SSSR count). The zero-order valence-electron chi connectivity index (χ0n) is 19.4. The van der Waals surface area contributed by atoms with Crippen LogP contribution in [0, 0.1) is 0 Å². The van der Waals surface area contributed by atoms with Crippen LogP contribution >= 0.6 is 0 Å². The van der Waals surface area contributed by atoms with Gasteiger partial charge in [-0.15, -0.1) is 0 Å². The molecule has 8 heteroatoms. The third-order valence-corrected chi connectivity index (χ3v) is 9.47. The van der Waals surface area contributed by atoms with Crippen molar-refractivity contribution in [2.45, 2.75) is 93.6 Å². The van der Waals surface area contributed by atoms with Crippen LogP contribution in [0.1, 0.15) is 75.7 Å². The molecule has 2 N–H and O–H groups in total. The molecule has 7 nitrogen and oxygen atoms in total. The molecular formula is C25H38N2O5S. The number of hydrogen-bond donors (Lipinski definition) is 2. The molecule has 1 heterocycles. The molecule has 0 spiro atoms. The van der Waals surface area contributed by atoms with Crippen LogP contribution < -0.4 is 14.8 Å². The molecule has 1 aromatic rings. The highest BCUT2D eigenvalue weighted by Gasteiger charge is 2.35. The molecule has 1 aliphatic heterocycles. The number of piperidine rings is 1. The highest BCUT2D eigenvalue weighted by Crippen LogP contribution is 2.38. The summed E-state index contributed by atoms with van der Waals surface area (Å²) in [5, 5.41) is 3.26. The van der Waals surface area contributed by atoms with E-state index >= 15 is 0 Å². The molecule has 1 saturated heterocycles. The molecule has 33 heavy (non-hydrogen) atoms.